The Kier molecular flexibility index (Phi) is 4.08. The minimum atomic E-state index is -0.176. The molecule has 0 saturated heterocycles. The van der Waals surface area contributed by atoms with Gasteiger partial charge in [-0.25, -0.2) is 0 Å². The zero-order chi connectivity index (χ0) is 8.81. The van der Waals surface area contributed by atoms with Gasteiger partial charge < -0.3 is 10.1 Å². The third-order valence-corrected chi connectivity index (χ3v) is 1.89. The number of hydrogen-bond donors (Lipinski definition) is 1. The summed E-state index contributed by atoms with van der Waals surface area (Å²) in [6, 6.07) is 0.790. The molecule has 0 spiro atoms. The van der Waals surface area contributed by atoms with Crippen molar-refractivity contribution in [2.75, 3.05) is 13.2 Å². The van der Waals surface area contributed by atoms with E-state index < -0.39 is 0 Å². The molecule has 0 aromatic carbocycles. The molecule has 1 N–H and O–H groups in total. The average Bonchev–Trinajstić information content (AvgIpc) is 2.79. The van der Waals surface area contributed by atoms with Crippen LogP contribution in [0.15, 0.2) is 0 Å². The highest BCUT2D eigenvalue weighted by molar-refractivity contribution is 5.65. The lowest BCUT2D eigenvalue weighted by Gasteiger charge is -2.02. The molecular formula is C9H17NO2. The van der Waals surface area contributed by atoms with Crippen LogP contribution in [0.1, 0.15) is 32.6 Å². The fourth-order valence-electron chi connectivity index (χ4n) is 1.04. The van der Waals surface area contributed by atoms with Gasteiger partial charge in [0.15, 0.2) is 0 Å². The number of carbonyl (C=O) groups is 1. The molecule has 0 atom stereocenters. The Morgan fingerprint density at radius 2 is 2.25 bits per heavy atom. The molecule has 0 radical (unpaired) electrons. The number of rotatable bonds is 6. The highest BCUT2D eigenvalue weighted by atomic mass is 16.5. The average molecular weight is 171 g/mol. The van der Waals surface area contributed by atoms with Crippen LogP contribution in [-0.2, 0) is 9.53 Å². The fourth-order valence-corrected chi connectivity index (χ4v) is 1.04. The van der Waals surface area contributed by atoms with Gasteiger partial charge in [-0.1, -0.05) is 0 Å². The van der Waals surface area contributed by atoms with Crippen molar-refractivity contribution in [1.82, 2.24) is 5.32 Å². The van der Waals surface area contributed by atoms with Gasteiger partial charge >= 0.3 is 5.97 Å². The van der Waals surface area contributed by atoms with E-state index in [1.54, 1.807) is 0 Å². The van der Waals surface area contributed by atoms with E-state index >= 15 is 0 Å². The summed E-state index contributed by atoms with van der Waals surface area (Å²) in [6.07, 6.45) is 4.75. The molecule has 0 aromatic rings. The van der Waals surface area contributed by atoms with E-state index in [0.29, 0.717) is 6.61 Å². The van der Waals surface area contributed by atoms with Crippen molar-refractivity contribution in [1.29, 1.82) is 0 Å². The standard InChI is InChI=1S/C9H17NO2/c1-8(11)12-7-3-2-6-10-9-4-5-9/h9-10H,2-7H2,1H3. The summed E-state index contributed by atoms with van der Waals surface area (Å²) in [5.41, 5.74) is 0. The Hall–Kier alpha value is -0.570. The normalized spacial score (nSPS) is 16.1. The van der Waals surface area contributed by atoms with Gasteiger partial charge in [0.2, 0.25) is 0 Å². The number of carbonyl (C=O) groups excluding carboxylic acids is 1. The van der Waals surface area contributed by atoms with Crippen molar-refractivity contribution in [3.63, 3.8) is 0 Å². The minimum absolute atomic E-state index is 0.176. The van der Waals surface area contributed by atoms with E-state index in [1.807, 2.05) is 0 Å². The first-order chi connectivity index (χ1) is 5.79. The Labute approximate surface area is 73.5 Å². The molecule has 12 heavy (non-hydrogen) atoms. The molecular weight excluding hydrogens is 154 g/mol. The molecule has 3 heteroatoms. The zero-order valence-corrected chi connectivity index (χ0v) is 7.64. The third kappa shape index (κ3) is 5.13. The van der Waals surface area contributed by atoms with E-state index in [0.717, 1.165) is 25.4 Å². The Bertz CT molecular complexity index is 143. The largest absolute Gasteiger partial charge is 0.466 e. The Balaban J connectivity index is 1.73. The highest BCUT2D eigenvalue weighted by Crippen LogP contribution is 2.18. The number of hydrogen-bond acceptors (Lipinski definition) is 3. The van der Waals surface area contributed by atoms with E-state index in [-0.39, 0.29) is 5.97 Å². The van der Waals surface area contributed by atoms with Crippen molar-refractivity contribution in [3.8, 4) is 0 Å². The van der Waals surface area contributed by atoms with Gasteiger partial charge in [-0.3, -0.25) is 4.79 Å². The lowest BCUT2D eigenvalue weighted by atomic mass is 10.3. The van der Waals surface area contributed by atoms with Crippen molar-refractivity contribution in [3.05, 3.63) is 0 Å². The van der Waals surface area contributed by atoms with Crippen LogP contribution in [0.5, 0.6) is 0 Å². The summed E-state index contributed by atoms with van der Waals surface area (Å²) >= 11 is 0. The fraction of sp³-hybridized carbons (Fsp3) is 0.889. The molecule has 1 fully saturated rings. The summed E-state index contributed by atoms with van der Waals surface area (Å²) < 4.78 is 4.80. The molecule has 0 amide bonds. The lowest BCUT2D eigenvalue weighted by molar-refractivity contribution is -0.141. The van der Waals surface area contributed by atoms with Crippen LogP contribution in [-0.4, -0.2) is 25.2 Å². The van der Waals surface area contributed by atoms with Crippen molar-refractivity contribution < 1.29 is 9.53 Å². The predicted molar refractivity (Wildman–Crippen MR) is 46.9 cm³/mol. The zero-order valence-electron chi connectivity index (χ0n) is 7.64. The molecule has 1 rings (SSSR count). The molecule has 0 bridgehead atoms. The molecule has 0 aliphatic heterocycles. The molecule has 0 aromatic heterocycles. The van der Waals surface area contributed by atoms with Crippen LogP contribution in [0.2, 0.25) is 0 Å². The summed E-state index contributed by atoms with van der Waals surface area (Å²) in [7, 11) is 0. The van der Waals surface area contributed by atoms with Crippen molar-refractivity contribution in [2.24, 2.45) is 0 Å². The molecule has 1 aliphatic rings. The summed E-state index contributed by atoms with van der Waals surface area (Å²) in [5.74, 6) is -0.176. The quantitative estimate of drug-likeness (QED) is 0.480. The second-order valence-corrected chi connectivity index (χ2v) is 3.28. The van der Waals surface area contributed by atoms with E-state index in [1.165, 1.54) is 19.8 Å². The number of ether oxygens (including phenoxy) is 1. The molecule has 0 heterocycles. The summed E-state index contributed by atoms with van der Waals surface area (Å²) in [5, 5.41) is 3.40. The lowest BCUT2D eigenvalue weighted by Crippen LogP contribution is -2.17. The second-order valence-electron chi connectivity index (χ2n) is 3.28. The van der Waals surface area contributed by atoms with E-state index in [2.05, 4.69) is 5.32 Å². The molecule has 3 nitrogen and oxygen atoms in total. The van der Waals surface area contributed by atoms with Crippen LogP contribution in [0, 0.1) is 0 Å². The van der Waals surface area contributed by atoms with Crippen LogP contribution in [0.3, 0.4) is 0 Å². The van der Waals surface area contributed by atoms with Crippen LogP contribution in [0.4, 0.5) is 0 Å². The Morgan fingerprint density at radius 3 is 2.83 bits per heavy atom. The minimum Gasteiger partial charge on any atom is -0.466 e. The molecule has 0 unspecified atom stereocenters. The number of nitrogens with one attached hydrogen (secondary N) is 1. The third-order valence-electron chi connectivity index (χ3n) is 1.89. The number of unbranched alkanes of at least 4 members (excludes halogenated alkanes) is 1. The molecule has 70 valence electrons. The number of esters is 1. The highest BCUT2D eigenvalue weighted by Gasteiger charge is 2.19. The van der Waals surface area contributed by atoms with Crippen LogP contribution < -0.4 is 5.32 Å². The maximum absolute atomic E-state index is 10.4. The predicted octanol–water partition coefficient (Wildman–Crippen LogP) is 1.08. The van der Waals surface area contributed by atoms with Gasteiger partial charge in [0.05, 0.1) is 6.61 Å². The summed E-state index contributed by atoms with van der Waals surface area (Å²) in [6.45, 7) is 3.08. The first kappa shape index (κ1) is 9.52. The van der Waals surface area contributed by atoms with Gasteiger partial charge in [-0.15, -0.1) is 0 Å². The SMILES string of the molecule is CC(=O)OCCCCNC1CC1. The van der Waals surface area contributed by atoms with Gasteiger partial charge in [-0.05, 0) is 32.2 Å². The van der Waals surface area contributed by atoms with Gasteiger partial charge in [-0.2, -0.15) is 0 Å². The molecule has 1 saturated carbocycles. The van der Waals surface area contributed by atoms with Crippen LogP contribution in [0.25, 0.3) is 0 Å². The second kappa shape index (κ2) is 5.14. The topological polar surface area (TPSA) is 38.3 Å². The maximum atomic E-state index is 10.4. The maximum Gasteiger partial charge on any atom is 0.302 e. The van der Waals surface area contributed by atoms with Gasteiger partial charge in [0.25, 0.3) is 0 Å². The van der Waals surface area contributed by atoms with E-state index in [4.69, 9.17) is 4.74 Å². The Morgan fingerprint density at radius 1 is 1.50 bits per heavy atom. The van der Waals surface area contributed by atoms with Gasteiger partial charge in [0.1, 0.15) is 0 Å². The first-order valence-corrected chi connectivity index (χ1v) is 4.66. The van der Waals surface area contributed by atoms with Crippen LogP contribution >= 0.6 is 0 Å². The monoisotopic (exact) mass is 171 g/mol. The first-order valence-electron chi connectivity index (χ1n) is 4.66. The smallest absolute Gasteiger partial charge is 0.302 e. The van der Waals surface area contributed by atoms with Gasteiger partial charge in [0, 0.05) is 13.0 Å². The van der Waals surface area contributed by atoms with E-state index in [9.17, 15) is 4.79 Å². The van der Waals surface area contributed by atoms with Crippen molar-refractivity contribution >= 4 is 5.97 Å². The molecule has 1 aliphatic carbocycles. The van der Waals surface area contributed by atoms with Crippen molar-refractivity contribution in [2.45, 2.75) is 38.6 Å². The summed E-state index contributed by atoms with van der Waals surface area (Å²) in [4.78, 5) is 10.4.